The molecule has 0 saturated heterocycles. The average molecular weight is 353 g/mol. The van der Waals surface area contributed by atoms with Crippen LogP contribution in [0.5, 0.6) is 0 Å². The first kappa shape index (κ1) is 16.1. The summed E-state index contributed by atoms with van der Waals surface area (Å²) in [6, 6.07) is 9.81. The second-order valence-corrected chi connectivity index (χ2v) is 7.06. The standard InChI is InChI=1S/C16H22N2O2Se/c1-4-18(5-2)16-17-13(15(19)20-6-3)14(21-16)12-10-8-7-9-11-12/h7-11,13-14H,4-6H2,1-3H3. The summed E-state index contributed by atoms with van der Waals surface area (Å²) in [5.41, 5.74) is 1.18. The molecule has 4 nitrogen and oxygen atoms in total. The second-order valence-electron chi connectivity index (χ2n) is 4.73. The van der Waals surface area contributed by atoms with E-state index in [0.29, 0.717) is 6.61 Å². The zero-order valence-electron chi connectivity index (χ0n) is 12.8. The van der Waals surface area contributed by atoms with Crippen LogP contribution < -0.4 is 0 Å². The number of aliphatic imine (C=N–C) groups is 1. The van der Waals surface area contributed by atoms with Crippen LogP contribution in [0.4, 0.5) is 0 Å². The van der Waals surface area contributed by atoms with Crippen LogP contribution in [0, 0.1) is 0 Å². The Labute approximate surface area is 132 Å². The summed E-state index contributed by atoms with van der Waals surface area (Å²) in [5, 5.41) is 0. The molecule has 1 aromatic carbocycles. The first-order valence-corrected chi connectivity index (χ1v) is 9.26. The molecular weight excluding hydrogens is 331 g/mol. The van der Waals surface area contributed by atoms with Crippen molar-refractivity contribution in [3.05, 3.63) is 35.9 Å². The van der Waals surface area contributed by atoms with Crippen molar-refractivity contribution in [1.82, 2.24) is 4.90 Å². The number of ether oxygens (including phenoxy) is 1. The van der Waals surface area contributed by atoms with E-state index in [1.165, 1.54) is 5.56 Å². The number of nitrogens with zero attached hydrogens (tertiary/aromatic N) is 2. The first-order chi connectivity index (χ1) is 10.2. The van der Waals surface area contributed by atoms with Gasteiger partial charge in [0.15, 0.2) is 0 Å². The van der Waals surface area contributed by atoms with Crippen LogP contribution in [0.25, 0.3) is 0 Å². The van der Waals surface area contributed by atoms with Gasteiger partial charge in [0.05, 0.1) is 0 Å². The molecule has 0 amide bonds. The molecule has 0 fully saturated rings. The molecular formula is C16H22N2O2Se. The van der Waals surface area contributed by atoms with Gasteiger partial charge in [0.2, 0.25) is 0 Å². The molecule has 0 saturated carbocycles. The summed E-state index contributed by atoms with van der Waals surface area (Å²) in [4.78, 5) is 19.3. The quantitative estimate of drug-likeness (QED) is 0.601. The van der Waals surface area contributed by atoms with E-state index in [2.05, 4.69) is 30.9 Å². The monoisotopic (exact) mass is 354 g/mol. The number of hydrogen-bond acceptors (Lipinski definition) is 4. The Morgan fingerprint density at radius 3 is 2.48 bits per heavy atom. The van der Waals surface area contributed by atoms with Gasteiger partial charge < -0.3 is 0 Å². The Hall–Kier alpha value is -1.32. The van der Waals surface area contributed by atoms with Gasteiger partial charge in [-0.1, -0.05) is 0 Å². The van der Waals surface area contributed by atoms with Crippen molar-refractivity contribution in [3.8, 4) is 0 Å². The van der Waals surface area contributed by atoms with Gasteiger partial charge >= 0.3 is 132 Å². The molecule has 1 heterocycles. The van der Waals surface area contributed by atoms with Gasteiger partial charge in [0, 0.05) is 0 Å². The fourth-order valence-electron chi connectivity index (χ4n) is 2.34. The van der Waals surface area contributed by atoms with Crippen LogP contribution in [-0.4, -0.2) is 56.3 Å². The van der Waals surface area contributed by atoms with E-state index >= 15 is 0 Å². The van der Waals surface area contributed by atoms with E-state index in [9.17, 15) is 4.79 Å². The molecule has 0 aliphatic carbocycles. The molecule has 2 unspecified atom stereocenters. The van der Waals surface area contributed by atoms with Gasteiger partial charge in [-0.2, -0.15) is 0 Å². The molecule has 1 aliphatic heterocycles. The SMILES string of the molecule is CCOC(=O)C1N=C(N(CC)CC)[Se]C1c1ccccc1. The van der Waals surface area contributed by atoms with Crippen LogP contribution in [0.1, 0.15) is 31.2 Å². The van der Waals surface area contributed by atoms with Crippen molar-refractivity contribution in [2.75, 3.05) is 19.7 Å². The number of benzene rings is 1. The number of rotatable bonds is 5. The summed E-state index contributed by atoms with van der Waals surface area (Å²) in [6.07, 6.45) is 0. The third kappa shape index (κ3) is 3.66. The predicted molar refractivity (Wildman–Crippen MR) is 85.7 cm³/mol. The zero-order chi connectivity index (χ0) is 15.2. The molecule has 1 aromatic rings. The molecule has 0 aromatic heterocycles. The first-order valence-electron chi connectivity index (χ1n) is 7.42. The predicted octanol–water partition coefficient (Wildman–Crippen LogP) is 2.07. The van der Waals surface area contributed by atoms with Crippen molar-refractivity contribution in [1.29, 1.82) is 0 Å². The molecule has 0 bridgehead atoms. The number of esters is 1. The molecule has 1 aliphatic rings. The number of hydrogen-bond donors (Lipinski definition) is 0. The van der Waals surface area contributed by atoms with Crippen molar-refractivity contribution < 1.29 is 9.53 Å². The fourth-order valence-corrected chi connectivity index (χ4v) is 5.29. The van der Waals surface area contributed by atoms with Crippen molar-refractivity contribution in [3.63, 3.8) is 0 Å². The van der Waals surface area contributed by atoms with E-state index in [1.807, 2.05) is 25.1 Å². The van der Waals surface area contributed by atoms with Gasteiger partial charge in [-0.3, -0.25) is 0 Å². The summed E-state index contributed by atoms with van der Waals surface area (Å²) >= 11 is 0.158. The number of amidine groups is 1. The molecule has 21 heavy (non-hydrogen) atoms. The van der Waals surface area contributed by atoms with Crippen molar-refractivity contribution >= 4 is 25.7 Å². The van der Waals surface area contributed by atoms with Gasteiger partial charge in [-0.25, -0.2) is 0 Å². The Morgan fingerprint density at radius 1 is 1.24 bits per heavy atom. The number of carbonyl (C=O) groups is 1. The molecule has 0 radical (unpaired) electrons. The van der Waals surface area contributed by atoms with E-state index in [4.69, 9.17) is 9.73 Å². The zero-order valence-corrected chi connectivity index (χ0v) is 14.5. The maximum atomic E-state index is 12.2. The third-order valence-electron chi connectivity index (χ3n) is 3.46. The molecule has 5 heteroatoms. The van der Waals surface area contributed by atoms with E-state index in [1.54, 1.807) is 0 Å². The van der Waals surface area contributed by atoms with Crippen LogP contribution in [0.15, 0.2) is 35.3 Å². The number of carbonyl (C=O) groups excluding carboxylic acids is 1. The second kappa shape index (κ2) is 7.62. The summed E-state index contributed by atoms with van der Waals surface area (Å²) in [5.74, 6) is -0.199. The van der Waals surface area contributed by atoms with Crippen LogP contribution in [0.3, 0.4) is 0 Å². The minimum absolute atomic E-state index is 0.147. The molecule has 0 N–H and O–H groups in total. The molecule has 0 spiro atoms. The normalized spacial score (nSPS) is 21.0. The van der Waals surface area contributed by atoms with Gasteiger partial charge in [-0.05, 0) is 0 Å². The molecule has 2 atom stereocenters. The van der Waals surface area contributed by atoms with E-state index in [-0.39, 0.29) is 31.8 Å². The van der Waals surface area contributed by atoms with E-state index < -0.39 is 0 Å². The summed E-state index contributed by atoms with van der Waals surface area (Å²) in [6.45, 7) is 8.33. The summed E-state index contributed by atoms with van der Waals surface area (Å²) < 4.78 is 6.30. The van der Waals surface area contributed by atoms with Gasteiger partial charge in [0.1, 0.15) is 0 Å². The van der Waals surface area contributed by atoms with Crippen LogP contribution in [0.2, 0.25) is 0 Å². The topological polar surface area (TPSA) is 41.9 Å². The van der Waals surface area contributed by atoms with Crippen LogP contribution in [-0.2, 0) is 9.53 Å². The Balaban J connectivity index is 2.26. The van der Waals surface area contributed by atoms with Crippen molar-refractivity contribution in [2.24, 2.45) is 4.99 Å². The Morgan fingerprint density at radius 2 is 1.90 bits per heavy atom. The van der Waals surface area contributed by atoms with Crippen molar-refractivity contribution in [2.45, 2.75) is 31.6 Å². The summed E-state index contributed by atoms with van der Waals surface area (Å²) in [7, 11) is 0. The molecule has 2 rings (SSSR count). The van der Waals surface area contributed by atoms with Gasteiger partial charge in [-0.15, -0.1) is 0 Å². The minimum atomic E-state index is -0.386. The van der Waals surface area contributed by atoms with Crippen LogP contribution >= 0.6 is 0 Å². The third-order valence-corrected chi connectivity index (χ3v) is 6.31. The maximum absolute atomic E-state index is 12.2. The fraction of sp³-hybridized carbons (Fsp3) is 0.500. The van der Waals surface area contributed by atoms with Gasteiger partial charge in [0.25, 0.3) is 0 Å². The Bertz CT molecular complexity index is 500. The van der Waals surface area contributed by atoms with E-state index in [0.717, 1.165) is 17.8 Å². The Kier molecular flexibility index (Phi) is 5.83. The average Bonchev–Trinajstić information content (AvgIpc) is 2.95. The molecule has 114 valence electrons.